The molecule has 1 aliphatic rings. The summed E-state index contributed by atoms with van der Waals surface area (Å²) in [4.78, 5) is 14.3. The van der Waals surface area contributed by atoms with Crippen molar-refractivity contribution in [3.8, 4) is 0 Å². The van der Waals surface area contributed by atoms with E-state index < -0.39 is 5.60 Å². The molecular weight excluding hydrogens is 294 g/mol. The number of carbonyl (C=O) groups is 1. The molecule has 0 spiro atoms. The first-order valence-electron chi connectivity index (χ1n) is 8.34. The topological polar surface area (TPSA) is 59.0 Å². The summed E-state index contributed by atoms with van der Waals surface area (Å²) >= 11 is 0. The molecule has 2 atom stereocenters. The van der Waals surface area contributed by atoms with Gasteiger partial charge >= 0.3 is 5.97 Å². The molecule has 0 bridgehead atoms. The fraction of sp³-hybridized carbons (Fsp3) is 0.611. The van der Waals surface area contributed by atoms with Gasteiger partial charge in [-0.05, 0) is 12.5 Å². The van der Waals surface area contributed by atoms with Crippen LogP contribution in [-0.2, 0) is 19.9 Å². The monoisotopic (exact) mass is 321 g/mol. The number of benzene rings is 1. The van der Waals surface area contributed by atoms with Crippen molar-refractivity contribution in [2.45, 2.75) is 38.3 Å². The van der Waals surface area contributed by atoms with Crippen LogP contribution >= 0.6 is 0 Å². The van der Waals surface area contributed by atoms with Gasteiger partial charge in [-0.15, -0.1) is 0 Å². The lowest BCUT2D eigenvalue weighted by atomic mass is 9.87. The molecule has 1 aromatic rings. The highest BCUT2D eigenvalue weighted by atomic mass is 16.6. The maximum absolute atomic E-state index is 12.0. The molecule has 1 N–H and O–H groups in total. The number of esters is 1. The Labute approximate surface area is 138 Å². The fourth-order valence-electron chi connectivity index (χ4n) is 3.24. The summed E-state index contributed by atoms with van der Waals surface area (Å²) in [5, 5.41) is 8.77. The molecule has 1 fully saturated rings. The molecule has 0 aliphatic carbocycles. The lowest BCUT2D eigenvalue weighted by Crippen LogP contribution is -2.44. The third-order valence-corrected chi connectivity index (χ3v) is 4.60. The Morgan fingerprint density at radius 2 is 2.09 bits per heavy atom. The largest absolute Gasteiger partial charge is 0.452 e. The van der Waals surface area contributed by atoms with E-state index in [2.05, 4.69) is 11.8 Å². The van der Waals surface area contributed by atoms with Gasteiger partial charge in [0.25, 0.3) is 0 Å². The molecule has 1 aromatic carbocycles. The van der Waals surface area contributed by atoms with Gasteiger partial charge in [0.2, 0.25) is 0 Å². The van der Waals surface area contributed by atoms with Crippen molar-refractivity contribution in [2.75, 3.05) is 32.9 Å². The second-order valence-electron chi connectivity index (χ2n) is 5.88. The van der Waals surface area contributed by atoms with Crippen LogP contribution in [-0.4, -0.2) is 54.9 Å². The van der Waals surface area contributed by atoms with Gasteiger partial charge < -0.3 is 14.6 Å². The molecule has 1 aliphatic heterocycles. The minimum atomic E-state index is -0.592. The normalized spacial score (nSPS) is 24.7. The van der Waals surface area contributed by atoms with E-state index in [4.69, 9.17) is 14.6 Å². The first-order chi connectivity index (χ1) is 11.1. The maximum atomic E-state index is 12.0. The van der Waals surface area contributed by atoms with Crippen LogP contribution in [0.25, 0.3) is 0 Å². The van der Waals surface area contributed by atoms with Gasteiger partial charge in [-0.25, -0.2) is 0 Å². The van der Waals surface area contributed by atoms with E-state index in [1.54, 1.807) is 0 Å². The number of likely N-dealkylation sites (tertiary alicyclic amines) is 1. The Bertz CT molecular complexity index is 493. The van der Waals surface area contributed by atoms with Gasteiger partial charge in [-0.1, -0.05) is 37.3 Å². The SMILES string of the molecule is CCC(=O)OC1(c2ccccc2)CCN(CCOCCO)C1C. The van der Waals surface area contributed by atoms with E-state index >= 15 is 0 Å². The molecule has 0 radical (unpaired) electrons. The smallest absolute Gasteiger partial charge is 0.306 e. The summed E-state index contributed by atoms with van der Waals surface area (Å²) in [6.07, 6.45) is 1.16. The molecule has 5 nitrogen and oxygen atoms in total. The molecular formula is C18H27NO4. The van der Waals surface area contributed by atoms with Crippen molar-refractivity contribution < 1.29 is 19.4 Å². The van der Waals surface area contributed by atoms with Crippen LogP contribution in [0, 0.1) is 0 Å². The first-order valence-corrected chi connectivity index (χ1v) is 8.34. The molecule has 0 amide bonds. The van der Waals surface area contributed by atoms with E-state index in [-0.39, 0.29) is 18.6 Å². The number of carbonyl (C=O) groups excluding carboxylic acids is 1. The first kappa shape index (κ1) is 17.9. The molecule has 0 aromatic heterocycles. The lowest BCUT2D eigenvalue weighted by molar-refractivity contribution is -0.163. The van der Waals surface area contributed by atoms with Crippen molar-refractivity contribution >= 4 is 5.97 Å². The van der Waals surface area contributed by atoms with E-state index in [0.717, 1.165) is 25.1 Å². The van der Waals surface area contributed by atoms with Crippen molar-refractivity contribution in [3.05, 3.63) is 35.9 Å². The third-order valence-electron chi connectivity index (χ3n) is 4.60. The van der Waals surface area contributed by atoms with Crippen molar-refractivity contribution in [2.24, 2.45) is 0 Å². The van der Waals surface area contributed by atoms with E-state index in [9.17, 15) is 4.79 Å². The average Bonchev–Trinajstić information content (AvgIpc) is 2.90. The number of nitrogens with zero attached hydrogens (tertiary/aromatic N) is 1. The van der Waals surface area contributed by atoms with Gasteiger partial charge in [0.15, 0.2) is 5.60 Å². The van der Waals surface area contributed by atoms with E-state index in [0.29, 0.717) is 19.6 Å². The standard InChI is InChI=1S/C18H27NO4/c1-3-17(21)23-18(16-7-5-4-6-8-16)9-10-19(15(18)2)11-13-22-14-12-20/h4-8,15,20H,3,9-14H2,1-2H3. The summed E-state index contributed by atoms with van der Waals surface area (Å²) in [5.74, 6) is -0.168. The number of rotatable bonds is 8. The number of hydrogen-bond acceptors (Lipinski definition) is 5. The Morgan fingerprint density at radius 1 is 1.35 bits per heavy atom. The Morgan fingerprint density at radius 3 is 2.74 bits per heavy atom. The molecule has 2 unspecified atom stereocenters. The van der Waals surface area contributed by atoms with E-state index in [1.807, 2.05) is 37.3 Å². The predicted molar refractivity (Wildman–Crippen MR) is 88.1 cm³/mol. The van der Waals surface area contributed by atoms with Crippen molar-refractivity contribution in [1.29, 1.82) is 0 Å². The minimum Gasteiger partial charge on any atom is -0.452 e. The molecule has 2 rings (SSSR count). The number of aliphatic hydroxyl groups excluding tert-OH is 1. The van der Waals surface area contributed by atoms with Gasteiger partial charge in [0.1, 0.15) is 0 Å². The molecule has 0 saturated carbocycles. The molecule has 5 heteroatoms. The fourth-order valence-corrected chi connectivity index (χ4v) is 3.24. The van der Waals surface area contributed by atoms with Crippen molar-refractivity contribution in [3.63, 3.8) is 0 Å². The lowest BCUT2D eigenvalue weighted by Gasteiger charge is -2.36. The Balaban J connectivity index is 2.14. The van der Waals surface area contributed by atoms with Crippen LogP contribution in [0.5, 0.6) is 0 Å². The van der Waals surface area contributed by atoms with Crippen LogP contribution in [0.1, 0.15) is 32.3 Å². The zero-order chi connectivity index (χ0) is 16.7. The summed E-state index contributed by atoms with van der Waals surface area (Å²) in [5.41, 5.74) is 0.457. The quantitative estimate of drug-likeness (QED) is 0.586. The number of ether oxygens (including phenoxy) is 2. The highest BCUT2D eigenvalue weighted by molar-refractivity contribution is 5.70. The van der Waals surface area contributed by atoms with Crippen LogP contribution in [0.15, 0.2) is 30.3 Å². The highest BCUT2D eigenvalue weighted by Crippen LogP contribution is 2.41. The van der Waals surface area contributed by atoms with Crippen LogP contribution in [0.4, 0.5) is 0 Å². The van der Waals surface area contributed by atoms with Gasteiger partial charge in [0, 0.05) is 25.9 Å². The summed E-state index contributed by atoms with van der Waals surface area (Å²) in [6, 6.07) is 10.1. The Hall–Kier alpha value is -1.43. The van der Waals surface area contributed by atoms with Crippen LogP contribution in [0.2, 0.25) is 0 Å². The number of aliphatic hydroxyl groups is 1. The predicted octanol–water partition coefficient (Wildman–Crippen LogP) is 1.94. The average molecular weight is 321 g/mol. The minimum absolute atomic E-state index is 0.0393. The number of hydrogen-bond donors (Lipinski definition) is 1. The van der Waals surface area contributed by atoms with Gasteiger partial charge in [0.05, 0.1) is 25.9 Å². The molecule has 23 heavy (non-hydrogen) atoms. The molecule has 1 heterocycles. The summed E-state index contributed by atoms with van der Waals surface area (Å²) in [7, 11) is 0. The zero-order valence-corrected chi connectivity index (χ0v) is 14.0. The maximum Gasteiger partial charge on any atom is 0.306 e. The second-order valence-corrected chi connectivity index (χ2v) is 5.88. The third kappa shape index (κ3) is 4.10. The van der Waals surface area contributed by atoms with Gasteiger partial charge in [-0.3, -0.25) is 9.69 Å². The molecule has 128 valence electrons. The van der Waals surface area contributed by atoms with E-state index in [1.165, 1.54) is 0 Å². The molecule has 1 saturated heterocycles. The summed E-state index contributed by atoms with van der Waals surface area (Å²) in [6.45, 7) is 6.51. The van der Waals surface area contributed by atoms with Crippen molar-refractivity contribution in [1.82, 2.24) is 4.90 Å². The zero-order valence-electron chi connectivity index (χ0n) is 14.0. The Kier molecular flexibility index (Phi) is 6.57. The van der Waals surface area contributed by atoms with Crippen LogP contribution < -0.4 is 0 Å². The van der Waals surface area contributed by atoms with Gasteiger partial charge in [-0.2, -0.15) is 0 Å². The second kappa shape index (κ2) is 8.43. The van der Waals surface area contributed by atoms with Crippen LogP contribution in [0.3, 0.4) is 0 Å². The summed E-state index contributed by atoms with van der Waals surface area (Å²) < 4.78 is 11.3. The highest BCUT2D eigenvalue weighted by Gasteiger charge is 2.49.